The first kappa shape index (κ1) is 38.4. The summed E-state index contributed by atoms with van der Waals surface area (Å²) in [6, 6.07) is 4.22. The van der Waals surface area contributed by atoms with Crippen LogP contribution in [0, 0.1) is 0 Å². The highest BCUT2D eigenvalue weighted by molar-refractivity contribution is 5.89. The fourth-order valence-electron chi connectivity index (χ4n) is 4.17. The molecule has 0 spiro atoms. The van der Waals surface area contributed by atoms with E-state index in [9.17, 15) is 48.9 Å². The maximum atomic E-state index is 12.8. The molecular weight excluding hydrogens is 600 g/mol. The number of nitrogens with one attached hydrogen (secondary N) is 2. The Balaban J connectivity index is 2.78. The van der Waals surface area contributed by atoms with Crippen molar-refractivity contribution in [2.24, 2.45) is 5.73 Å². The number of Topliss-reactive ketones (excluding diaryl/α,β-unsaturated/α-hetero) is 1. The fraction of sp³-hybridized carbons (Fsp3) is 0.519. The van der Waals surface area contributed by atoms with E-state index in [0.717, 1.165) is 4.90 Å². The number of rotatable bonds is 23. The van der Waals surface area contributed by atoms with Gasteiger partial charge in [0.15, 0.2) is 5.78 Å². The maximum Gasteiger partial charge on any atom is 0.317 e. The average molecular weight is 641 g/mol. The second kappa shape index (κ2) is 19.6. The van der Waals surface area contributed by atoms with Crippen LogP contribution < -0.4 is 16.4 Å². The summed E-state index contributed by atoms with van der Waals surface area (Å²) in [6.07, 6.45) is -0.222. The Morgan fingerprint density at radius 2 is 1.16 bits per heavy atom. The number of hydrogen-bond donors (Lipinski definition) is 8. The Kier molecular flexibility index (Phi) is 16.7. The zero-order chi connectivity index (χ0) is 34.1. The summed E-state index contributed by atoms with van der Waals surface area (Å²) >= 11 is 0. The third-order valence-corrected chi connectivity index (χ3v) is 6.34. The van der Waals surface area contributed by atoms with Gasteiger partial charge in [0.25, 0.3) is 0 Å². The molecule has 2 unspecified atom stereocenters. The highest BCUT2D eigenvalue weighted by atomic mass is 16.4. The third-order valence-electron chi connectivity index (χ3n) is 6.34. The predicted octanol–water partition coefficient (Wildman–Crippen LogP) is -2.78. The molecule has 0 bridgehead atoms. The molecule has 0 saturated carbocycles. The number of nitrogens with two attached hydrogens (primary N) is 1. The van der Waals surface area contributed by atoms with Crippen molar-refractivity contribution in [3.63, 3.8) is 0 Å². The van der Waals surface area contributed by atoms with Gasteiger partial charge in [0.2, 0.25) is 11.8 Å². The van der Waals surface area contributed by atoms with Crippen LogP contribution in [0.3, 0.4) is 0 Å². The van der Waals surface area contributed by atoms with Gasteiger partial charge in [0.05, 0.1) is 32.7 Å². The van der Waals surface area contributed by atoms with Crippen LogP contribution in [0.4, 0.5) is 0 Å². The number of benzene rings is 1. The van der Waals surface area contributed by atoms with Crippen LogP contribution in [0.1, 0.15) is 24.9 Å². The molecule has 18 nitrogen and oxygen atoms in total. The number of carboxylic acid groups (broad SMARTS) is 4. The molecule has 0 fully saturated rings. The van der Waals surface area contributed by atoms with E-state index in [1.165, 1.54) is 22.8 Å². The molecule has 0 aliphatic heterocycles. The van der Waals surface area contributed by atoms with Gasteiger partial charge in [-0.05, 0) is 13.0 Å². The van der Waals surface area contributed by atoms with Gasteiger partial charge in [0, 0.05) is 50.7 Å². The van der Waals surface area contributed by atoms with Crippen LogP contribution in [-0.2, 0) is 33.6 Å². The normalized spacial score (nSPS) is 12.5. The smallest absolute Gasteiger partial charge is 0.317 e. The number of carboxylic acids is 4. The third kappa shape index (κ3) is 16.7. The molecule has 2 atom stereocenters. The standard InChI is InChI=1S/C27H40N6O12/c1-17(34)20(11-29-22(36)10-19(28)18-4-2-3-5-21(18)35)30-23(37)12-32(14-25(40)41)8-6-31(13-24(38)39)7-9-33(15-26(42)43)16-27(44)45/h2-5,19-20,35H,6-16,28H2,1H3,(H,29,36)(H,30,37)(H,38,39)(H,40,41)(H,42,43)(H,44,45). The van der Waals surface area contributed by atoms with Gasteiger partial charge in [-0.3, -0.25) is 48.3 Å². The van der Waals surface area contributed by atoms with Crippen molar-refractivity contribution in [2.75, 3.05) is 65.4 Å². The fourth-order valence-corrected chi connectivity index (χ4v) is 4.17. The van der Waals surface area contributed by atoms with Crippen LogP contribution in [-0.4, -0.2) is 153 Å². The van der Waals surface area contributed by atoms with Gasteiger partial charge in [-0.25, -0.2) is 0 Å². The van der Waals surface area contributed by atoms with Crippen molar-refractivity contribution in [1.82, 2.24) is 25.3 Å². The quantitative estimate of drug-likeness (QED) is 0.0600. The Morgan fingerprint density at radius 1 is 0.711 bits per heavy atom. The Labute approximate surface area is 258 Å². The van der Waals surface area contributed by atoms with E-state index in [2.05, 4.69) is 10.6 Å². The number of phenols is 1. The van der Waals surface area contributed by atoms with Crippen molar-refractivity contribution >= 4 is 41.5 Å². The summed E-state index contributed by atoms with van der Waals surface area (Å²) in [5.41, 5.74) is 6.34. The van der Waals surface area contributed by atoms with Crippen molar-refractivity contribution in [1.29, 1.82) is 0 Å². The number of aromatic hydroxyl groups is 1. The molecular formula is C27H40N6O12. The molecule has 0 radical (unpaired) electrons. The SMILES string of the molecule is CC(=O)C(CNC(=O)CC(N)c1ccccc1O)NC(=O)CN(CCN(CCN(CC(=O)O)CC(=O)O)CC(=O)O)CC(=O)O. The molecule has 0 aliphatic rings. The minimum absolute atomic E-state index is 0.0698. The summed E-state index contributed by atoms with van der Waals surface area (Å²) in [7, 11) is 0. The summed E-state index contributed by atoms with van der Waals surface area (Å²) in [5.74, 6) is -6.98. The Morgan fingerprint density at radius 3 is 1.62 bits per heavy atom. The molecule has 250 valence electrons. The lowest BCUT2D eigenvalue weighted by Crippen LogP contribution is -2.51. The van der Waals surface area contributed by atoms with E-state index in [1.807, 2.05) is 0 Å². The molecule has 1 rings (SSSR count). The van der Waals surface area contributed by atoms with Crippen molar-refractivity contribution in [2.45, 2.75) is 25.4 Å². The van der Waals surface area contributed by atoms with Gasteiger partial charge >= 0.3 is 23.9 Å². The van der Waals surface area contributed by atoms with E-state index in [0.29, 0.717) is 5.56 Å². The predicted molar refractivity (Wildman–Crippen MR) is 155 cm³/mol. The molecule has 2 amide bonds. The monoisotopic (exact) mass is 640 g/mol. The number of ketones is 1. The zero-order valence-corrected chi connectivity index (χ0v) is 24.8. The first-order chi connectivity index (χ1) is 21.1. The number of carbonyl (C=O) groups is 7. The van der Waals surface area contributed by atoms with Crippen LogP contribution in [0.5, 0.6) is 5.75 Å². The van der Waals surface area contributed by atoms with Gasteiger partial charge in [-0.2, -0.15) is 0 Å². The van der Waals surface area contributed by atoms with Crippen LogP contribution >= 0.6 is 0 Å². The van der Waals surface area contributed by atoms with Crippen LogP contribution in [0.2, 0.25) is 0 Å². The molecule has 0 heterocycles. The van der Waals surface area contributed by atoms with E-state index < -0.39 is 86.3 Å². The largest absolute Gasteiger partial charge is 0.508 e. The molecule has 9 N–H and O–H groups in total. The lowest BCUT2D eigenvalue weighted by molar-refractivity contribution is -0.143. The topological polar surface area (TPSA) is 280 Å². The molecule has 0 aromatic heterocycles. The van der Waals surface area contributed by atoms with Crippen molar-refractivity contribution in [3.8, 4) is 5.75 Å². The lowest BCUT2D eigenvalue weighted by Gasteiger charge is -2.28. The zero-order valence-electron chi connectivity index (χ0n) is 24.8. The highest BCUT2D eigenvalue weighted by Crippen LogP contribution is 2.23. The summed E-state index contributed by atoms with van der Waals surface area (Å²) in [6.45, 7) is -2.35. The van der Waals surface area contributed by atoms with E-state index in [1.54, 1.807) is 18.2 Å². The summed E-state index contributed by atoms with van der Waals surface area (Å²) in [5, 5.41) is 51.4. The molecule has 18 heteroatoms. The Hall–Kier alpha value is -4.65. The second-order valence-electron chi connectivity index (χ2n) is 10.2. The minimum Gasteiger partial charge on any atom is -0.508 e. The molecule has 1 aromatic carbocycles. The number of hydrogen-bond acceptors (Lipinski definition) is 12. The first-order valence-corrected chi connectivity index (χ1v) is 13.7. The number of aliphatic carboxylic acids is 4. The van der Waals surface area contributed by atoms with E-state index in [-0.39, 0.29) is 44.9 Å². The minimum atomic E-state index is -1.29. The lowest BCUT2D eigenvalue weighted by atomic mass is 10.0. The van der Waals surface area contributed by atoms with Gasteiger partial charge < -0.3 is 41.9 Å². The number of amides is 2. The second-order valence-corrected chi connectivity index (χ2v) is 10.2. The average Bonchev–Trinajstić information content (AvgIpc) is 2.91. The summed E-state index contributed by atoms with van der Waals surface area (Å²) in [4.78, 5) is 85.8. The molecule has 1 aromatic rings. The molecule has 0 saturated heterocycles. The molecule has 0 aliphatic carbocycles. The van der Waals surface area contributed by atoms with Crippen molar-refractivity contribution in [3.05, 3.63) is 29.8 Å². The van der Waals surface area contributed by atoms with Gasteiger partial charge in [-0.1, -0.05) is 18.2 Å². The van der Waals surface area contributed by atoms with Crippen molar-refractivity contribution < 1.29 is 59.1 Å². The van der Waals surface area contributed by atoms with E-state index in [4.69, 9.17) is 15.9 Å². The number of para-hydroxylation sites is 1. The van der Waals surface area contributed by atoms with E-state index >= 15 is 0 Å². The number of carbonyl (C=O) groups excluding carboxylic acids is 3. The maximum absolute atomic E-state index is 12.8. The van der Waals surface area contributed by atoms with Crippen LogP contribution in [0.15, 0.2) is 24.3 Å². The highest BCUT2D eigenvalue weighted by Gasteiger charge is 2.23. The van der Waals surface area contributed by atoms with Gasteiger partial charge in [-0.15, -0.1) is 0 Å². The number of nitrogens with zero attached hydrogens (tertiary/aromatic N) is 3. The van der Waals surface area contributed by atoms with Gasteiger partial charge in [0.1, 0.15) is 11.8 Å². The molecule has 45 heavy (non-hydrogen) atoms. The Bertz CT molecular complexity index is 1200. The number of phenolic OH excluding ortho intramolecular Hbond substituents is 1. The first-order valence-electron chi connectivity index (χ1n) is 13.7. The van der Waals surface area contributed by atoms with Crippen LogP contribution in [0.25, 0.3) is 0 Å². The summed E-state index contributed by atoms with van der Waals surface area (Å²) < 4.78 is 0.